The van der Waals surface area contributed by atoms with Gasteiger partial charge in [-0.05, 0) is 51.2 Å². The van der Waals surface area contributed by atoms with Crippen molar-refractivity contribution in [3.05, 3.63) is 35.4 Å². The zero-order valence-corrected chi connectivity index (χ0v) is 12.5. The average Bonchev–Trinajstić information content (AvgIpc) is 2.75. The summed E-state index contributed by atoms with van der Waals surface area (Å²) in [5, 5.41) is 3.21. The molecule has 3 heteroatoms. The summed E-state index contributed by atoms with van der Waals surface area (Å²) in [5.41, 5.74) is 2.79. The SMILES string of the molecule is CNCc1cccc(CN(C)CC2CCN(C)C2)c1. The molecule has 1 unspecified atom stereocenters. The molecule has 1 N–H and O–H groups in total. The minimum atomic E-state index is 0.843. The number of rotatable bonds is 6. The molecule has 0 radical (unpaired) electrons. The summed E-state index contributed by atoms with van der Waals surface area (Å²) in [7, 11) is 6.46. The van der Waals surface area contributed by atoms with Gasteiger partial charge in [-0.25, -0.2) is 0 Å². The Balaban J connectivity index is 1.84. The molecule has 0 spiro atoms. The van der Waals surface area contributed by atoms with E-state index in [0.29, 0.717) is 0 Å². The van der Waals surface area contributed by atoms with Gasteiger partial charge in [0.25, 0.3) is 0 Å². The fourth-order valence-electron chi connectivity index (χ4n) is 3.03. The molecule has 106 valence electrons. The van der Waals surface area contributed by atoms with Crippen molar-refractivity contribution in [2.45, 2.75) is 19.5 Å². The van der Waals surface area contributed by atoms with E-state index >= 15 is 0 Å². The zero-order chi connectivity index (χ0) is 13.7. The number of benzene rings is 1. The largest absolute Gasteiger partial charge is 0.316 e. The molecule has 0 bridgehead atoms. The Morgan fingerprint density at radius 3 is 2.84 bits per heavy atom. The number of hydrogen-bond acceptors (Lipinski definition) is 3. The van der Waals surface area contributed by atoms with E-state index in [4.69, 9.17) is 0 Å². The van der Waals surface area contributed by atoms with Crippen LogP contribution in [-0.2, 0) is 13.1 Å². The molecule has 1 fully saturated rings. The first-order valence-corrected chi connectivity index (χ1v) is 7.27. The highest BCUT2D eigenvalue weighted by Crippen LogP contribution is 2.16. The van der Waals surface area contributed by atoms with Crippen molar-refractivity contribution < 1.29 is 0 Å². The fourth-order valence-corrected chi connectivity index (χ4v) is 3.03. The van der Waals surface area contributed by atoms with Gasteiger partial charge in [0.1, 0.15) is 0 Å². The van der Waals surface area contributed by atoms with Crippen LogP contribution in [0.25, 0.3) is 0 Å². The summed E-state index contributed by atoms with van der Waals surface area (Å²) in [5.74, 6) is 0.843. The summed E-state index contributed by atoms with van der Waals surface area (Å²) >= 11 is 0. The van der Waals surface area contributed by atoms with Crippen molar-refractivity contribution in [1.82, 2.24) is 15.1 Å². The van der Waals surface area contributed by atoms with Gasteiger partial charge in [0.05, 0.1) is 0 Å². The van der Waals surface area contributed by atoms with Gasteiger partial charge in [0.15, 0.2) is 0 Å². The third-order valence-corrected chi connectivity index (χ3v) is 3.88. The van der Waals surface area contributed by atoms with Crippen LogP contribution in [0.5, 0.6) is 0 Å². The van der Waals surface area contributed by atoms with Crippen LogP contribution in [0.4, 0.5) is 0 Å². The lowest BCUT2D eigenvalue weighted by Crippen LogP contribution is -2.27. The molecule has 1 aromatic carbocycles. The third-order valence-electron chi connectivity index (χ3n) is 3.88. The Morgan fingerprint density at radius 2 is 2.16 bits per heavy atom. The maximum atomic E-state index is 3.21. The van der Waals surface area contributed by atoms with E-state index in [1.54, 1.807) is 0 Å². The van der Waals surface area contributed by atoms with Gasteiger partial charge in [-0.2, -0.15) is 0 Å². The molecule has 2 rings (SSSR count). The first-order chi connectivity index (χ1) is 9.17. The van der Waals surface area contributed by atoms with Crippen LogP contribution in [0.15, 0.2) is 24.3 Å². The molecule has 0 saturated carbocycles. The molecule has 1 aliphatic heterocycles. The third kappa shape index (κ3) is 4.60. The zero-order valence-electron chi connectivity index (χ0n) is 12.5. The van der Waals surface area contributed by atoms with Crippen LogP contribution in [-0.4, -0.2) is 50.6 Å². The van der Waals surface area contributed by atoms with Gasteiger partial charge in [-0.1, -0.05) is 24.3 Å². The van der Waals surface area contributed by atoms with Crippen LogP contribution in [0.1, 0.15) is 17.5 Å². The van der Waals surface area contributed by atoms with Crippen molar-refractivity contribution in [1.29, 1.82) is 0 Å². The molecule has 1 saturated heterocycles. The van der Waals surface area contributed by atoms with Crippen LogP contribution >= 0.6 is 0 Å². The minimum Gasteiger partial charge on any atom is -0.316 e. The molecule has 1 aliphatic rings. The highest BCUT2D eigenvalue weighted by Gasteiger charge is 2.20. The van der Waals surface area contributed by atoms with Crippen molar-refractivity contribution in [2.75, 3.05) is 40.8 Å². The normalized spacial score (nSPS) is 20.3. The van der Waals surface area contributed by atoms with Crippen LogP contribution in [0.3, 0.4) is 0 Å². The van der Waals surface area contributed by atoms with E-state index in [1.165, 1.54) is 37.2 Å². The van der Waals surface area contributed by atoms with Crippen LogP contribution in [0.2, 0.25) is 0 Å². The molecule has 19 heavy (non-hydrogen) atoms. The Hall–Kier alpha value is -0.900. The number of hydrogen-bond donors (Lipinski definition) is 1. The van der Waals surface area contributed by atoms with E-state index in [0.717, 1.165) is 19.0 Å². The molecule has 0 aliphatic carbocycles. The van der Waals surface area contributed by atoms with E-state index in [-0.39, 0.29) is 0 Å². The summed E-state index contributed by atoms with van der Waals surface area (Å²) in [4.78, 5) is 4.90. The van der Waals surface area contributed by atoms with Gasteiger partial charge < -0.3 is 15.1 Å². The molecule has 1 heterocycles. The maximum Gasteiger partial charge on any atom is 0.0230 e. The van der Waals surface area contributed by atoms with Gasteiger partial charge in [0.2, 0.25) is 0 Å². The van der Waals surface area contributed by atoms with Crippen molar-refractivity contribution in [2.24, 2.45) is 5.92 Å². The average molecular weight is 261 g/mol. The van der Waals surface area contributed by atoms with Gasteiger partial charge in [0, 0.05) is 26.2 Å². The number of nitrogens with zero attached hydrogens (tertiary/aromatic N) is 2. The summed E-state index contributed by atoms with van der Waals surface area (Å²) in [6.07, 6.45) is 1.35. The lowest BCUT2D eigenvalue weighted by atomic mass is 10.1. The van der Waals surface area contributed by atoms with Crippen molar-refractivity contribution in [3.63, 3.8) is 0 Å². The second-order valence-electron chi connectivity index (χ2n) is 5.96. The van der Waals surface area contributed by atoms with E-state index in [1.807, 2.05) is 7.05 Å². The molecular formula is C16H27N3. The first-order valence-electron chi connectivity index (χ1n) is 7.27. The molecule has 1 atom stereocenters. The quantitative estimate of drug-likeness (QED) is 0.842. The highest BCUT2D eigenvalue weighted by atomic mass is 15.1. The van der Waals surface area contributed by atoms with Crippen molar-refractivity contribution >= 4 is 0 Å². The van der Waals surface area contributed by atoms with E-state index in [2.05, 4.69) is 53.5 Å². The predicted molar refractivity (Wildman–Crippen MR) is 81.1 cm³/mol. The monoisotopic (exact) mass is 261 g/mol. The smallest absolute Gasteiger partial charge is 0.0230 e. The molecule has 0 aromatic heterocycles. The second-order valence-corrected chi connectivity index (χ2v) is 5.96. The van der Waals surface area contributed by atoms with Crippen LogP contribution < -0.4 is 5.32 Å². The summed E-state index contributed by atoms with van der Waals surface area (Å²) in [6.45, 7) is 5.73. The van der Waals surface area contributed by atoms with E-state index < -0.39 is 0 Å². The fraction of sp³-hybridized carbons (Fsp3) is 0.625. The number of likely N-dealkylation sites (tertiary alicyclic amines) is 1. The second kappa shape index (κ2) is 7.04. The Kier molecular flexibility index (Phi) is 5.37. The molecule has 1 aromatic rings. The molecular weight excluding hydrogens is 234 g/mol. The Labute approximate surface area is 117 Å². The van der Waals surface area contributed by atoms with Crippen molar-refractivity contribution in [3.8, 4) is 0 Å². The maximum absolute atomic E-state index is 3.21. The summed E-state index contributed by atoms with van der Waals surface area (Å²) < 4.78 is 0. The summed E-state index contributed by atoms with van der Waals surface area (Å²) in [6, 6.07) is 8.90. The molecule has 3 nitrogen and oxygen atoms in total. The first kappa shape index (κ1) is 14.5. The number of nitrogens with one attached hydrogen (secondary N) is 1. The van der Waals surface area contributed by atoms with Gasteiger partial charge in [-0.15, -0.1) is 0 Å². The van der Waals surface area contributed by atoms with Gasteiger partial charge in [-0.3, -0.25) is 0 Å². The standard InChI is InChI=1S/C16H27N3/c1-17-10-14-5-4-6-15(9-14)11-19(3)13-16-7-8-18(2)12-16/h4-6,9,16-17H,7-8,10-13H2,1-3H3. The Bertz CT molecular complexity index is 391. The lowest BCUT2D eigenvalue weighted by molar-refractivity contribution is 0.267. The minimum absolute atomic E-state index is 0.843. The highest BCUT2D eigenvalue weighted by molar-refractivity contribution is 5.23. The van der Waals surface area contributed by atoms with Gasteiger partial charge >= 0.3 is 0 Å². The Morgan fingerprint density at radius 1 is 1.37 bits per heavy atom. The molecule has 0 amide bonds. The van der Waals surface area contributed by atoms with Crippen LogP contribution in [0, 0.1) is 5.92 Å². The lowest BCUT2D eigenvalue weighted by Gasteiger charge is -2.21. The predicted octanol–water partition coefficient (Wildman–Crippen LogP) is 1.79. The topological polar surface area (TPSA) is 18.5 Å². The van der Waals surface area contributed by atoms with E-state index in [9.17, 15) is 0 Å².